The van der Waals surface area contributed by atoms with Gasteiger partial charge in [-0.2, -0.15) is 0 Å². The van der Waals surface area contributed by atoms with Gasteiger partial charge >= 0.3 is 0 Å². The van der Waals surface area contributed by atoms with Gasteiger partial charge in [-0.05, 0) is 18.4 Å². The van der Waals surface area contributed by atoms with E-state index < -0.39 is 10.0 Å². The summed E-state index contributed by atoms with van der Waals surface area (Å²) < 4.78 is 26.0. The fourth-order valence-electron chi connectivity index (χ4n) is 2.06. The zero-order valence-corrected chi connectivity index (χ0v) is 12.5. The molecule has 19 heavy (non-hydrogen) atoms. The summed E-state index contributed by atoms with van der Waals surface area (Å²) in [6, 6.07) is 7.23. The minimum atomic E-state index is -3.24. The lowest BCUT2D eigenvalue weighted by molar-refractivity contribution is 0.249. The molecule has 0 bridgehead atoms. The third-order valence-electron chi connectivity index (χ3n) is 3.62. The predicted octanol–water partition coefficient (Wildman–Crippen LogP) is 1.63. The normalized spacial score (nSPS) is 16.3. The van der Waals surface area contributed by atoms with Gasteiger partial charge in [0, 0.05) is 18.7 Å². The number of hydrogen-bond acceptors (Lipinski definition) is 3. The maximum absolute atomic E-state index is 12.2. The van der Waals surface area contributed by atoms with Gasteiger partial charge in [0.2, 0.25) is 10.0 Å². The van der Waals surface area contributed by atoms with Crippen molar-refractivity contribution < 1.29 is 8.42 Å². The largest absolute Gasteiger partial charge is 0.389 e. The van der Waals surface area contributed by atoms with Crippen molar-refractivity contribution in [1.82, 2.24) is 4.31 Å². The highest BCUT2D eigenvalue weighted by Gasteiger charge is 2.30. The first-order valence-electron chi connectivity index (χ1n) is 6.24. The average molecular weight is 298 g/mol. The number of benzene rings is 1. The molecule has 0 unspecified atom stereocenters. The zero-order valence-electron chi connectivity index (χ0n) is 10.9. The molecule has 1 aliphatic carbocycles. The van der Waals surface area contributed by atoms with Crippen LogP contribution in [0.25, 0.3) is 0 Å². The molecular formula is C13H18N2O2S2. The Bertz CT molecular complexity index is 563. The van der Waals surface area contributed by atoms with Crippen molar-refractivity contribution in [2.75, 3.05) is 7.05 Å². The molecule has 2 N–H and O–H groups in total. The average Bonchev–Trinajstić information content (AvgIpc) is 2.26. The Morgan fingerprint density at radius 1 is 1.37 bits per heavy atom. The van der Waals surface area contributed by atoms with Crippen molar-refractivity contribution in [3.05, 3.63) is 35.4 Å². The van der Waals surface area contributed by atoms with Crippen LogP contribution < -0.4 is 5.73 Å². The Balaban J connectivity index is 2.08. The second-order valence-electron chi connectivity index (χ2n) is 4.92. The molecule has 2 rings (SSSR count). The Labute approximate surface area is 119 Å². The van der Waals surface area contributed by atoms with Crippen LogP contribution in [-0.2, 0) is 15.8 Å². The number of rotatable bonds is 5. The van der Waals surface area contributed by atoms with Crippen LogP contribution in [0.1, 0.15) is 30.4 Å². The van der Waals surface area contributed by atoms with Gasteiger partial charge in [0.25, 0.3) is 0 Å². The van der Waals surface area contributed by atoms with Gasteiger partial charge < -0.3 is 5.73 Å². The van der Waals surface area contributed by atoms with Gasteiger partial charge in [-0.25, -0.2) is 12.7 Å². The van der Waals surface area contributed by atoms with E-state index in [9.17, 15) is 8.42 Å². The molecule has 104 valence electrons. The lowest BCUT2D eigenvalue weighted by Gasteiger charge is -2.33. The van der Waals surface area contributed by atoms with E-state index in [0.29, 0.717) is 4.99 Å². The highest BCUT2D eigenvalue weighted by molar-refractivity contribution is 7.88. The lowest BCUT2D eigenvalue weighted by Crippen LogP contribution is -2.41. The number of nitrogens with two attached hydrogens (primary N) is 1. The molecule has 4 nitrogen and oxygen atoms in total. The third-order valence-corrected chi connectivity index (χ3v) is 5.72. The second-order valence-corrected chi connectivity index (χ2v) is 7.39. The highest BCUT2D eigenvalue weighted by atomic mass is 32.2. The minimum Gasteiger partial charge on any atom is -0.389 e. The molecule has 1 fully saturated rings. The lowest BCUT2D eigenvalue weighted by atomic mass is 9.94. The molecular weight excluding hydrogens is 280 g/mol. The summed E-state index contributed by atoms with van der Waals surface area (Å²) in [6.45, 7) is 0. The van der Waals surface area contributed by atoms with Crippen LogP contribution in [0, 0.1) is 0 Å². The molecule has 6 heteroatoms. The van der Waals surface area contributed by atoms with Crippen LogP contribution in [-0.4, -0.2) is 30.8 Å². The van der Waals surface area contributed by atoms with Gasteiger partial charge in [0.1, 0.15) is 4.99 Å². The Kier molecular flexibility index (Phi) is 4.23. The van der Waals surface area contributed by atoms with Gasteiger partial charge in [-0.3, -0.25) is 0 Å². The standard InChI is InChI=1S/C13H18N2O2S2/c1-15(12-3-2-4-12)19(16,17)9-10-5-7-11(8-6-10)13(14)18/h5-8,12H,2-4,9H2,1H3,(H2,14,18). The maximum atomic E-state index is 12.2. The first-order valence-corrected chi connectivity index (χ1v) is 8.26. The van der Waals surface area contributed by atoms with Crippen molar-refractivity contribution in [3.63, 3.8) is 0 Å². The first-order chi connectivity index (χ1) is 8.90. The molecule has 0 saturated heterocycles. The van der Waals surface area contributed by atoms with Crippen LogP contribution in [0.4, 0.5) is 0 Å². The van der Waals surface area contributed by atoms with Gasteiger partial charge in [0.15, 0.2) is 0 Å². The highest BCUT2D eigenvalue weighted by Crippen LogP contribution is 2.26. The van der Waals surface area contributed by atoms with Crippen molar-refractivity contribution in [2.24, 2.45) is 5.73 Å². The molecule has 1 saturated carbocycles. The van der Waals surface area contributed by atoms with Crippen molar-refractivity contribution in [1.29, 1.82) is 0 Å². The summed E-state index contributed by atoms with van der Waals surface area (Å²) in [5.74, 6) is 0.0254. The van der Waals surface area contributed by atoms with E-state index in [2.05, 4.69) is 0 Å². The summed E-state index contributed by atoms with van der Waals surface area (Å²) in [5, 5.41) is 0. The molecule has 0 amide bonds. The quantitative estimate of drug-likeness (QED) is 0.839. The van der Waals surface area contributed by atoms with E-state index in [4.69, 9.17) is 18.0 Å². The van der Waals surface area contributed by atoms with Crippen LogP contribution in [0.3, 0.4) is 0 Å². The van der Waals surface area contributed by atoms with Crippen LogP contribution in [0.5, 0.6) is 0 Å². The number of hydrogen-bond donors (Lipinski definition) is 1. The Morgan fingerprint density at radius 2 is 1.95 bits per heavy atom. The summed E-state index contributed by atoms with van der Waals surface area (Å²) in [4.78, 5) is 0.320. The van der Waals surface area contributed by atoms with Gasteiger partial charge in [-0.1, -0.05) is 42.9 Å². The molecule has 0 aliphatic heterocycles. The zero-order chi connectivity index (χ0) is 14.0. The SMILES string of the molecule is CN(C1CCC1)S(=O)(=O)Cc1ccc(C(N)=S)cc1. The first kappa shape index (κ1) is 14.4. The third kappa shape index (κ3) is 3.32. The van der Waals surface area contributed by atoms with Crippen LogP contribution in [0.15, 0.2) is 24.3 Å². The van der Waals surface area contributed by atoms with Gasteiger partial charge in [-0.15, -0.1) is 0 Å². The number of thiocarbonyl (C=S) groups is 1. The van der Waals surface area contributed by atoms with E-state index in [1.807, 2.05) is 0 Å². The smallest absolute Gasteiger partial charge is 0.218 e. The van der Waals surface area contributed by atoms with Crippen molar-refractivity contribution >= 4 is 27.2 Å². The van der Waals surface area contributed by atoms with Crippen LogP contribution in [0.2, 0.25) is 0 Å². The van der Waals surface area contributed by atoms with E-state index in [0.717, 1.165) is 30.4 Å². The summed E-state index contributed by atoms with van der Waals surface area (Å²) >= 11 is 4.87. The fraction of sp³-hybridized carbons (Fsp3) is 0.462. The molecule has 1 aliphatic rings. The molecule has 0 radical (unpaired) electrons. The minimum absolute atomic E-state index is 0.0254. The summed E-state index contributed by atoms with van der Waals surface area (Å²) in [6.07, 6.45) is 3.05. The Morgan fingerprint density at radius 3 is 2.37 bits per heavy atom. The topological polar surface area (TPSA) is 63.4 Å². The number of sulfonamides is 1. The van der Waals surface area contributed by atoms with E-state index >= 15 is 0 Å². The fourth-order valence-corrected chi connectivity index (χ4v) is 3.67. The molecule has 0 aromatic heterocycles. The molecule has 1 aromatic rings. The second kappa shape index (κ2) is 5.56. The van der Waals surface area contributed by atoms with Crippen molar-refractivity contribution in [3.8, 4) is 0 Å². The van der Waals surface area contributed by atoms with E-state index in [1.54, 1.807) is 31.3 Å². The summed E-state index contributed by atoms with van der Waals surface area (Å²) in [7, 11) is -1.57. The maximum Gasteiger partial charge on any atom is 0.218 e. The molecule has 0 spiro atoms. The van der Waals surface area contributed by atoms with Crippen molar-refractivity contribution in [2.45, 2.75) is 31.1 Å². The van der Waals surface area contributed by atoms with Gasteiger partial charge in [0.05, 0.1) is 5.75 Å². The Hall–Kier alpha value is -0.980. The molecule has 1 aromatic carbocycles. The molecule has 0 atom stereocenters. The predicted molar refractivity (Wildman–Crippen MR) is 80.4 cm³/mol. The van der Waals surface area contributed by atoms with E-state index in [1.165, 1.54) is 4.31 Å². The van der Waals surface area contributed by atoms with E-state index in [-0.39, 0.29) is 11.8 Å². The van der Waals surface area contributed by atoms with Crippen LogP contribution >= 0.6 is 12.2 Å². The number of nitrogens with zero attached hydrogens (tertiary/aromatic N) is 1. The monoisotopic (exact) mass is 298 g/mol. The summed E-state index contributed by atoms with van der Waals surface area (Å²) in [5.41, 5.74) is 7.02. The molecule has 0 heterocycles.